The van der Waals surface area contributed by atoms with Crippen molar-refractivity contribution in [2.24, 2.45) is 0 Å². The second-order valence-electron chi connectivity index (χ2n) is 3.81. The Kier molecular flexibility index (Phi) is 3.18. The Morgan fingerprint density at radius 2 is 2.42 bits per heavy atom. The molecule has 3 heterocycles. The Hall–Kier alpha value is -1.93. The Morgan fingerprint density at radius 1 is 1.53 bits per heavy atom. The average Bonchev–Trinajstić information content (AvgIpc) is 3.03. The first-order valence-corrected chi connectivity index (χ1v) is 7.27. The molecule has 2 N–H and O–H groups in total. The lowest BCUT2D eigenvalue weighted by Gasteiger charge is -1.99. The van der Waals surface area contributed by atoms with E-state index in [1.807, 2.05) is 11.4 Å². The third-order valence-corrected chi connectivity index (χ3v) is 4.46. The number of rotatable bonds is 5. The van der Waals surface area contributed by atoms with Crippen LogP contribution in [0, 0.1) is 0 Å². The van der Waals surface area contributed by atoms with Crippen LogP contribution in [0.4, 0.5) is 5.13 Å². The van der Waals surface area contributed by atoms with Crippen LogP contribution in [-0.4, -0.2) is 32.2 Å². The summed E-state index contributed by atoms with van der Waals surface area (Å²) in [5.41, 5.74) is 0.0452. The molecule has 19 heavy (non-hydrogen) atoms. The molecule has 0 aliphatic heterocycles. The van der Waals surface area contributed by atoms with Crippen LogP contribution >= 0.6 is 22.7 Å². The molecule has 0 amide bonds. The largest absolute Gasteiger partial charge is 0.476 e. The van der Waals surface area contributed by atoms with Gasteiger partial charge in [-0.3, -0.25) is 0 Å². The van der Waals surface area contributed by atoms with Gasteiger partial charge in [-0.25, -0.2) is 14.3 Å². The highest BCUT2D eigenvalue weighted by atomic mass is 32.1. The fraction of sp³-hybridized carbons (Fsp3) is 0.182. The van der Waals surface area contributed by atoms with Crippen molar-refractivity contribution in [3.05, 3.63) is 34.4 Å². The molecule has 3 rings (SSSR count). The summed E-state index contributed by atoms with van der Waals surface area (Å²) >= 11 is 3.02. The van der Waals surface area contributed by atoms with Gasteiger partial charge in [-0.2, -0.15) is 0 Å². The molecule has 0 saturated heterocycles. The van der Waals surface area contributed by atoms with Gasteiger partial charge in [0.05, 0.1) is 0 Å². The van der Waals surface area contributed by atoms with E-state index in [4.69, 9.17) is 5.11 Å². The predicted molar refractivity (Wildman–Crippen MR) is 74.3 cm³/mol. The van der Waals surface area contributed by atoms with Gasteiger partial charge in [0.25, 0.3) is 0 Å². The van der Waals surface area contributed by atoms with Crippen LogP contribution in [0.1, 0.15) is 15.4 Å². The number of carboxylic acids is 1. The lowest BCUT2D eigenvalue weighted by Crippen LogP contribution is -2.03. The molecule has 6 nitrogen and oxygen atoms in total. The number of aromatic nitrogens is 3. The quantitative estimate of drug-likeness (QED) is 0.754. The first kappa shape index (κ1) is 12.1. The standard InChI is InChI=1S/C11H10N4O2S2/c16-10(17)8-9-15(6-13-8)14-11(19-9)12-4-3-7-2-1-5-18-7/h1-2,5-6H,3-4H2,(H,12,14)(H,16,17). The molecule has 0 radical (unpaired) electrons. The number of thiophene rings is 1. The lowest BCUT2D eigenvalue weighted by molar-refractivity contribution is 0.0693. The topological polar surface area (TPSA) is 79.5 Å². The average molecular weight is 294 g/mol. The Balaban J connectivity index is 1.70. The van der Waals surface area contributed by atoms with Gasteiger partial charge in [-0.1, -0.05) is 17.4 Å². The van der Waals surface area contributed by atoms with Crippen molar-refractivity contribution in [2.45, 2.75) is 6.42 Å². The number of anilines is 1. The van der Waals surface area contributed by atoms with Crippen molar-refractivity contribution in [2.75, 3.05) is 11.9 Å². The third-order valence-electron chi connectivity index (χ3n) is 2.53. The van der Waals surface area contributed by atoms with Crippen molar-refractivity contribution in [3.8, 4) is 0 Å². The molecule has 0 spiro atoms. The summed E-state index contributed by atoms with van der Waals surface area (Å²) < 4.78 is 1.49. The van der Waals surface area contributed by atoms with Gasteiger partial charge in [-0.15, -0.1) is 16.4 Å². The molecule has 98 valence electrons. The van der Waals surface area contributed by atoms with Gasteiger partial charge < -0.3 is 10.4 Å². The zero-order valence-corrected chi connectivity index (χ0v) is 11.4. The van der Waals surface area contributed by atoms with Crippen molar-refractivity contribution >= 4 is 38.6 Å². The SMILES string of the molecule is O=C(O)c1ncn2nc(NCCc3cccs3)sc12. The maximum absolute atomic E-state index is 10.9. The van der Waals surface area contributed by atoms with E-state index in [2.05, 4.69) is 21.5 Å². The first-order chi connectivity index (χ1) is 9.24. The van der Waals surface area contributed by atoms with Crippen LogP contribution in [-0.2, 0) is 6.42 Å². The second kappa shape index (κ2) is 4.98. The van der Waals surface area contributed by atoms with Crippen LogP contribution in [0.2, 0.25) is 0 Å². The predicted octanol–water partition coefficient (Wildman–Crippen LogP) is 2.21. The molecule has 0 aliphatic carbocycles. The van der Waals surface area contributed by atoms with Crippen molar-refractivity contribution in [3.63, 3.8) is 0 Å². The van der Waals surface area contributed by atoms with Gasteiger partial charge >= 0.3 is 5.97 Å². The fourth-order valence-electron chi connectivity index (χ4n) is 1.67. The van der Waals surface area contributed by atoms with E-state index in [0.717, 1.165) is 13.0 Å². The van der Waals surface area contributed by atoms with Crippen LogP contribution in [0.25, 0.3) is 4.83 Å². The van der Waals surface area contributed by atoms with Gasteiger partial charge in [-0.05, 0) is 17.9 Å². The van der Waals surface area contributed by atoms with Gasteiger partial charge in [0.1, 0.15) is 6.33 Å². The number of hydrogen-bond acceptors (Lipinski definition) is 6. The molecule has 0 bridgehead atoms. The molecule has 0 fully saturated rings. The highest BCUT2D eigenvalue weighted by molar-refractivity contribution is 7.21. The zero-order chi connectivity index (χ0) is 13.2. The molecule has 0 unspecified atom stereocenters. The molecule has 0 aliphatic rings. The molecule has 3 aromatic heterocycles. The molecule has 0 aromatic carbocycles. The molecule has 0 saturated carbocycles. The summed E-state index contributed by atoms with van der Waals surface area (Å²) in [6.07, 6.45) is 2.34. The molecule has 0 atom stereocenters. The second-order valence-corrected chi connectivity index (χ2v) is 5.82. The Morgan fingerprint density at radius 3 is 3.16 bits per heavy atom. The van der Waals surface area contributed by atoms with E-state index in [1.165, 1.54) is 27.1 Å². The van der Waals surface area contributed by atoms with Crippen LogP contribution in [0.5, 0.6) is 0 Å². The van der Waals surface area contributed by atoms with Gasteiger partial charge in [0.15, 0.2) is 10.5 Å². The normalized spacial score (nSPS) is 10.9. The number of fused-ring (bicyclic) bond motifs is 1. The minimum atomic E-state index is -1.03. The van der Waals surface area contributed by atoms with Gasteiger partial charge in [0, 0.05) is 11.4 Å². The molecule has 3 aromatic rings. The number of nitrogens with zero attached hydrogens (tertiary/aromatic N) is 3. The summed E-state index contributed by atoms with van der Waals surface area (Å²) in [4.78, 5) is 16.6. The zero-order valence-electron chi connectivity index (χ0n) is 9.74. The fourth-order valence-corrected chi connectivity index (χ4v) is 3.28. The minimum Gasteiger partial charge on any atom is -0.476 e. The highest BCUT2D eigenvalue weighted by Gasteiger charge is 2.15. The summed E-state index contributed by atoms with van der Waals surface area (Å²) in [6.45, 7) is 0.771. The smallest absolute Gasteiger partial charge is 0.357 e. The number of imidazole rings is 1. The summed E-state index contributed by atoms with van der Waals surface area (Å²) in [5.74, 6) is -1.03. The van der Waals surface area contributed by atoms with Crippen molar-refractivity contribution < 1.29 is 9.90 Å². The van der Waals surface area contributed by atoms with Crippen LogP contribution < -0.4 is 5.32 Å². The molecular formula is C11H10N4O2S2. The molecular weight excluding hydrogens is 284 g/mol. The minimum absolute atomic E-state index is 0.0452. The highest BCUT2D eigenvalue weighted by Crippen LogP contribution is 2.22. The van der Waals surface area contributed by atoms with Crippen LogP contribution in [0.15, 0.2) is 23.8 Å². The summed E-state index contributed by atoms with van der Waals surface area (Å²) in [5, 5.41) is 19.2. The van der Waals surface area contributed by atoms with Crippen LogP contribution in [0.3, 0.4) is 0 Å². The first-order valence-electron chi connectivity index (χ1n) is 5.58. The number of carboxylic acid groups (broad SMARTS) is 1. The van der Waals surface area contributed by atoms with E-state index >= 15 is 0 Å². The Labute approximate surface area is 116 Å². The number of aromatic carboxylic acids is 1. The number of hydrogen-bond donors (Lipinski definition) is 2. The number of carbonyl (C=O) groups is 1. The van der Waals surface area contributed by atoms with Crippen molar-refractivity contribution in [1.29, 1.82) is 0 Å². The van der Waals surface area contributed by atoms with E-state index < -0.39 is 5.97 Å². The van der Waals surface area contributed by atoms with E-state index in [0.29, 0.717) is 9.96 Å². The van der Waals surface area contributed by atoms with E-state index in [1.54, 1.807) is 11.3 Å². The summed E-state index contributed by atoms with van der Waals surface area (Å²) in [7, 11) is 0. The maximum atomic E-state index is 10.9. The summed E-state index contributed by atoms with van der Waals surface area (Å²) in [6, 6.07) is 4.12. The third kappa shape index (κ3) is 2.45. The van der Waals surface area contributed by atoms with Crippen molar-refractivity contribution in [1.82, 2.24) is 14.6 Å². The lowest BCUT2D eigenvalue weighted by atomic mass is 10.3. The van der Waals surface area contributed by atoms with Gasteiger partial charge in [0.2, 0.25) is 5.13 Å². The Bertz CT molecular complexity index is 702. The maximum Gasteiger partial charge on any atom is 0.357 e. The number of nitrogens with one attached hydrogen (secondary N) is 1. The van der Waals surface area contributed by atoms with E-state index in [9.17, 15) is 4.79 Å². The van der Waals surface area contributed by atoms with E-state index in [-0.39, 0.29) is 5.69 Å². The molecule has 8 heteroatoms. The monoisotopic (exact) mass is 294 g/mol.